The normalized spacial score (nSPS) is 21.0. The molecule has 2 heterocycles. The minimum atomic E-state index is -0.972. The number of imide groups is 1. The average Bonchev–Trinajstić information content (AvgIpc) is 2.94. The number of halogens is 1. The van der Waals surface area contributed by atoms with Gasteiger partial charge in [0.05, 0.1) is 12.1 Å². The van der Waals surface area contributed by atoms with Crippen LogP contribution >= 0.6 is 11.6 Å². The molecule has 6 heteroatoms. The van der Waals surface area contributed by atoms with Crippen molar-refractivity contribution >= 4 is 34.4 Å². The Kier molecular flexibility index (Phi) is 4.10. The Labute approximate surface area is 173 Å². The van der Waals surface area contributed by atoms with Crippen LogP contribution in [0.25, 0.3) is 10.9 Å². The summed E-state index contributed by atoms with van der Waals surface area (Å²) in [7, 11) is 0. The van der Waals surface area contributed by atoms with Gasteiger partial charge in [-0.15, -0.1) is 0 Å². The SMILES string of the molecule is Cc1ccc2cc(CN3C(=O)N[C@@]4(CCCc5ccccc54)C3=O)c(Cl)nc2c1. The molecule has 1 aliphatic carbocycles. The Morgan fingerprint density at radius 2 is 2.00 bits per heavy atom. The highest BCUT2D eigenvalue weighted by atomic mass is 35.5. The molecule has 2 aliphatic rings. The maximum atomic E-state index is 13.5. The van der Waals surface area contributed by atoms with Gasteiger partial charge in [-0.1, -0.05) is 48.0 Å². The summed E-state index contributed by atoms with van der Waals surface area (Å²) in [6.07, 6.45) is 2.38. The van der Waals surface area contributed by atoms with Crippen molar-refractivity contribution in [1.29, 1.82) is 0 Å². The van der Waals surface area contributed by atoms with E-state index in [1.807, 2.05) is 55.5 Å². The maximum Gasteiger partial charge on any atom is 0.325 e. The van der Waals surface area contributed by atoms with Crippen molar-refractivity contribution in [3.05, 3.63) is 75.9 Å². The van der Waals surface area contributed by atoms with Crippen LogP contribution in [-0.2, 0) is 23.3 Å². The third-order valence-corrected chi connectivity index (χ3v) is 6.31. The molecule has 0 bridgehead atoms. The first-order chi connectivity index (χ1) is 14.0. The molecule has 1 saturated heterocycles. The van der Waals surface area contributed by atoms with Gasteiger partial charge < -0.3 is 5.32 Å². The Hall–Kier alpha value is -2.92. The summed E-state index contributed by atoms with van der Waals surface area (Å²) in [6.45, 7) is 2.10. The molecule has 5 nitrogen and oxygen atoms in total. The average molecular weight is 406 g/mol. The van der Waals surface area contributed by atoms with Gasteiger partial charge in [-0.25, -0.2) is 9.78 Å². The number of amides is 3. The molecule has 1 aliphatic heterocycles. The van der Waals surface area contributed by atoms with Gasteiger partial charge in [0.25, 0.3) is 5.91 Å². The molecular formula is C23H20ClN3O2. The van der Waals surface area contributed by atoms with Gasteiger partial charge in [-0.2, -0.15) is 0 Å². The van der Waals surface area contributed by atoms with E-state index in [1.165, 1.54) is 4.90 Å². The summed E-state index contributed by atoms with van der Waals surface area (Å²) in [5.74, 6) is -0.213. The molecule has 1 aromatic heterocycles. The Balaban J connectivity index is 1.52. The van der Waals surface area contributed by atoms with Crippen molar-refractivity contribution in [1.82, 2.24) is 15.2 Å². The topological polar surface area (TPSA) is 62.3 Å². The lowest BCUT2D eigenvalue weighted by atomic mass is 9.76. The van der Waals surface area contributed by atoms with Crippen LogP contribution < -0.4 is 5.32 Å². The van der Waals surface area contributed by atoms with E-state index >= 15 is 0 Å². The fourth-order valence-corrected chi connectivity index (χ4v) is 4.74. The molecule has 5 rings (SSSR count). The molecule has 1 N–H and O–H groups in total. The molecule has 3 aromatic rings. The third kappa shape index (κ3) is 2.80. The lowest BCUT2D eigenvalue weighted by Gasteiger charge is -2.33. The summed E-state index contributed by atoms with van der Waals surface area (Å²) in [5, 5.41) is 4.23. The number of pyridine rings is 1. The van der Waals surface area contributed by atoms with Crippen molar-refractivity contribution in [2.75, 3.05) is 0 Å². The second-order valence-corrected chi connectivity index (χ2v) is 8.23. The van der Waals surface area contributed by atoms with Gasteiger partial charge in [0.2, 0.25) is 0 Å². The number of nitrogens with zero attached hydrogens (tertiary/aromatic N) is 2. The zero-order valence-electron chi connectivity index (χ0n) is 16.0. The minimum Gasteiger partial charge on any atom is -0.319 e. The van der Waals surface area contributed by atoms with E-state index in [0.29, 0.717) is 17.1 Å². The summed E-state index contributed by atoms with van der Waals surface area (Å²) in [6, 6.07) is 15.3. The van der Waals surface area contributed by atoms with Gasteiger partial charge >= 0.3 is 6.03 Å². The monoisotopic (exact) mass is 405 g/mol. The summed E-state index contributed by atoms with van der Waals surface area (Å²) >= 11 is 6.41. The fraction of sp³-hybridized carbons (Fsp3) is 0.261. The lowest BCUT2D eigenvalue weighted by Crippen LogP contribution is -2.46. The van der Waals surface area contributed by atoms with E-state index in [9.17, 15) is 9.59 Å². The van der Waals surface area contributed by atoms with Gasteiger partial charge in [0.1, 0.15) is 10.7 Å². The number of hydrogen-bond acceptors (Lipinski definition) is 3. The molecule has 1 spiro atoms. The molecule has 1 atom stereocenters. The van der Waals surface area contributed by atoms with Crippen molar-refractivity contribution in [2.24, 2.45) is 0 Å². The van der Waals surface area contributed by atoms with Crippen molar-refractivity contribution in [3.8, 4) is 0 Å². The molecule has 0 radical (unpaired) electrons. The molecular weight excluding hydrogens is 386 g/mol. The quantitative estimate of drug-likeness (QED) is 0.505. The first-order valence-corrected chi connectivity index (χ1v) is 10.1. The number of benzene rings is 2. The van der Waals surface area contributed by atoms with Crippen LogP contribution in [0.2, 0.25) is 5.15 Å². The fourth-order valence-electron chi connectivity index (χ4n) is 4.53. The van der Waals surface area contributed by atoms with E-state index < -0.39 is 5.54 Å². The number of hydrogen-bond donors (Lipinski definition) is 1. The van der Waals surface area contributed by atoms with Gasteiger partial charge in [-0.3, -0.25) is 9.69 Å². The van der Waals surface area contributed by atoms with Crippen LogP contribution in [0.1, 0.15) is 35.1 Å². The number of rotatable bonds is 2. The highest BCUT2D eigenvalue weighted by Gasteiger charge is 2.53. The molecule has 0 saturated carbocycles. The van der Waals surface area contributed by atoms with Crippen molar-refractivity contribution < 1.29 is 9.59 Å². The van der Waals surface area contributed by atoms with Crippen molar-refractivity contribution in [3.63, 3.8) is 0 Å². The van der Waals surface area contributed by atoms with Gasteiger partial charge in [0.15, 0.2) is 0 Å². The largest absolute Gasteiger partial charge is 0.325 e. The van der Waals surface area contributed by atoms with E-state index in [0.717, 1.165) is 40.4 Å². The molecule has 29 heavy (non-hydrogen) atoms. The smallest absolute Gasteiger partial charge is 0.319 e. The summed E-state index contributed by atoms with van der Waals surface area (Å²) in [5.41, 5.74) is 3.61. The second kappa shape index (κ2) is 6.56. The lowest BCUT2D eigenvalue weighted by molar-refractivity contribution is -0.132. The minimum absolute atomic E-state index is 0.101. The highest BCUT2D eigenvalue weighted by molar-refractivity contribution is 6.30. The van der Waals surface area contributed by atoms with E-state index in [2.05, 4.69) is 10.3 Å². The van der Waals surface area contributed by atoms with E-state index in [1.54, 1.807) is 0 Å². The number of fused-ring (bicyclic) bond motifs is 3. The van der Waals surface area contributed by atoms with E-state index in [4.69, 9.17) is 11.6 Å². The Bertz CT molecular complexity index is 1180. The van der Waals surface area contributed by atoms with Crippen LogP contribution in [0.5, 0.6) is 0 Å². The van der Waals surface area contributed by atoms with Crippen LogP contribution in [0.3, 0.4) is 0 Å². The van der Waals surface area contributed by atoms with Gasteiger partial charge in [-0.05, 0) is 55.0 Å². The van der Waals surface area contributed by atoms with Crippen LogP contribution in [0, 0.1) is 6.92 Å². The third-order valence-electron chi connectivity index (χ3n) is 5.98. The summed E-state index contributed by atoms with van der Waals surface area (Å²) in [4.78, 5) is 32.0. The molecule has 146 valence electrons. The van der Waals surface area contributed by atoms with E-state index in [-0.39, 0.29) is 18.5 Å². The maximum absolute atomic E-state index is 13.5. The predicted molar refractivity (Wildman–Crippen MR) is 112 cm³/mol. The Morgan fingerprint density at radius 1 is 1.17 bits per heavy atom. The Morgan fingerprint density at radius 3 is 2.86 bits per heavy atom. The summed E-state index contributed by atoms with van der Waals surface area (Å²) < 4.78 is 0. The first kappa shape index (κ1) is 18.1. The first-order valence-electron chi connectivity index (χ1n) is 9.76. The number of carbonyl (C=O) groups is 2. The standard InChI is InChI=1S/C23H20ClN3O2/c1-14-8-9-16-12-17(20(24)25-19(16)11-14)13-27-21(28)23(26-22(27)29)10-4-6-15-5-2-3-7-18(15)23/h2-3,5,7-9,11-12H,4,6,10,13H2,1H3,(H,26,29)/t23-/m1/s1. The molecule has 3 amide bonds. The highest BCUT2D eigenvalue weighted by Crippen LogP contribution is 2.40. The molecule has 2 aromatic carbocycles. The van der Waals surface area contributed by atoms with Gasteiger partial charge in [0, 0.05) is 10.9 Å². The number of aryl methyl sites for hydroxylation is 2. The number of nitrogens with one attached hydrogen (secondary N) is 1. The second-order valence-electron chi connectivity index (χ2n) is 7.87. The van der Waals surface area contributed by atoms with Crippen LogP contribution in [0.4, 0.5) is 4.79 Å². The number of aromatic nitrogens is 1. The molecule has 0 unspecified atom stereocenters. The zero-order chi connectivity index (χ0) is 20.2. The van der Waals surface area contributed by atoms with Crippen LogP contribution in [-0.4, -0.2) is 21.8 Å². The number of carbonyl (C=O) groups excluding carboxylic acids is 2. The predicted octanol–water partition coefficient (Wildman–Crippen LogP) is 4.48. The molecule has 1 fully saturated rings. The van der Waals surface area contributed by atoms with Crippen molar-refractivity contribution in [2.45, 2.75) is 38.3 Å². The zero-order valence-corrected chi connectivity index (χ0v) is 16.8. The van der Waals surface area contributed by atoms with Crippen LogP contribution in [0.15, 0.2) is 48.5 Å². The number of urea groups is 1.